The first-order chi connectivity index (χ1) is 12.3. The molecular weight excluding hydrogens is 308 g/mol. The van der Waals surface area contributed by atoms with Crippen molar-refractivity contribution in [3.8, 4) is 0 Å². The van der Waals surface area contributed by atoms with E-state index >= 15 is 0 Å². The topological polar surface area (TPSA) is 37.3 Å². The molecule has 1 N–H and O–H groups in total. The molecule has 0 aliphatic carbocycles. The Balaban J connectivity index is 3.17. The van der Waals surface area contributed by atoms with Crippen molar-refractivity contribution >= 4 is 5.97 Å². The lowest BCUT2D eigenvalue weighted by Crippen LogP contribution is -1.84. The summed E-state index contributed by atoms with van der Waals surface area (Å²) in [5, 5.41) is 8.43. The first-order valence-corrected chi connectivity index (χ1v) is 10.5. The van der Waals surface area contributed by atoms with E-state index in [1.807, 2.05) is 12.2 Å². The molecule has 144 valence electrons. The molecule has 0 unspecified atom stereocenters. The molecule has 0 amide bonds. The van der Waals surface area contributed by atoms with E-state index in [0.29, 0.717) is 0 Å². The molecule has 0 saturated carbocycles. The van der Waals surface area contributed by atoms with Gasteiger partial charge in [-0.15, -0.1) is 0 Å². The smallest absolute Gasteiger partial charge is 0.328 e. The molecule has 0 aliphatic heterocycles. The van der Waals surface area contributed by atoms with Gasteiger partial charge in [0.25, 0.3) is 0 Å². The Kier molecular flexibility index (Phi) is 19.6. The first kappa shape index (κ1) is 23.7. The summed E-state index contributed by atoms with van der Waals surface area (Å²) in [6.45, 7) is 2.28. The summed E-state index contributed by atoms with van der Waals surface area (Å²) in [4.78, 5) is 10.3. The van der Waals surface area contributed by atoms with Crippen LogP contribution in [0.4, 0.5) is 0 Å². The maximum atomic E-state index is 10.3. The maximum Gasteiger partial charge on any atom is 0.328 e. The fourth-order valence-corrected chi connectivity index (χ4v) is 2.90. The van der Waals surface area contributed by atoms with Crippen molar-refractivity contribution in [1.29, 1.82) is 0 Å². The highest BCUT2D eigenvalue weighted by molar-refractivity contribution is 5.80. The maximum absolute atomic E-state index is 10.3. The zero-order valence-electron chi connectivity index (χ0n) is 16.4. The van der Waals surface area contributed by atoms with E-state index in [9.17, 15) is 4.79 Å². The lowest BCUT2D eigenvalue weighted by Gasteiger charge is -2.02. The van der Waals surface area contributed by atoms with Crippen molar-refractivity contribution in [3.05, 3.63) is 36.5 Å². The second-order valence-electron chi connectivity index (χ2n) is 6.90. The van der Waals surface area contributed by atoms with Gasteiger partial charge >= 0.3 is 5.97 Å². The van der Waals surface area contributed by atoms with Gasteiger partial charge in [-0.2, -0.15) is 0 Å². The Hall–Kier alpha value is -1.31. The standard InChI is InChI=1S/C23H40O2/c1-2-3-4-5-6-7-8-9-10-11-12-13-14-15-16-17-18-19-20-21-22-23(24)25/h17-22H,2-16H2,1H3,(H,24,25)/b18-17+,20-19+,22-21+. The molecule has 0 rings (SSSR count). The number of carbonyl (C=O) groups is 1. The summed E-state index contributed by atoms with van der Waals surface area (Å²) >= 11 is 0. The van der Waals surface area contributed by atoms with Crippen LogP contribution in [0.2, 0.25) is 0 Å². The summed E-state index contributed by atoms with van der Waals surface area (Å²) in [7, 11) is 0. The average molecular weight is 349 g/mol. The van der Waals surface area contributed by atoms with Gasteiger partial charge in [-0.25, -0.2) is 4.79 Å². The molecule has 0 bridgehead atoms. The highest BCUT2D eigenvalue weighted by Crippen LogP contribution is 2.13. The van der Waals surface area contributed by atoms with Gasteiger partial charge < -0.3 is 5.11 Å². The molecule has 0 aromatic heterocycles. The first-order valence-electron chi connectivity index (χ1n) is 10.5. The minimum absolute atomic E-state index is 0.906. The molecular formula is C23H40O2. The second-order valence-corrected chi connectivity index (χ2v) is 6.90. The molecule has 0 radical (unpaired) electrons. The van der Waals surface area contributed by atoms with Crippen LogP contribution in [0.3, 0.4) is 0 Å². The Bertz CT molecular complexity index is 366. The monoisotopic (exact) mass is 348 g/mol. The van der Waals surface area contributed by atoms with Crippen LogP contribution in [0, 0.1) is 0 Å². The minimum atomic E-state index is -0.906. The van der Waals surface area contributed by atoms with E-state index in [1.54, 1.807) is 12.2 Å². The number of allylic oxidation sites excluding steroid dienone is 5. The number of hydrogen-bond acceptors (Lipinski definition) is 1. The zero-order chi connectivity index (χ0) is 18.4. The molecule has 0 spiro atoms. The van der Waals surface area contributed by atoms with E-state index < -0.39 is 5.97 Å². The van der Waals surface area contributed by atoms with Gasteiger partial charge in [0, 0.05) is 6.08 Å². The van der Waals surface area contributed by atoms with Crippen LogP contribution >= 0.6 is 0 Å². The third-order valence-corrected chi connectivity index (χ3v) is 4.43. The summed E-state index contributed by atoms with van der Waals surface area (Å²) in [6.07, 6.45) is 31.1. The fourth-order valence-electron chi connectivity index (χ4n) is 2.90. The molecule has 0 heterocycles. The third kappa shape index (κ3) is 22.7. The summed E-state index contributed by atoms with van der Waals surface area (Å²) in [6, 6.07) is 0. The minimum Gasteiger partial charge on any atom is -0.478 e. The van der Waals surface area contributed by atoms with Crippen molar-refractivity contribution in [2.24, 2.45) is 0 Å². The van der Waals surface area contributed by atoms with Crippen molar-refractivity contribution in [2.75, 3.05) is 0 Å². The van der Waals surface area contributed by atoms with E-state index in [0.717, 1.165) is 12.5 Å². The largest absolute Gasteiger partial charge is 0.478 e. The summed E-state index contributed by atoms with van der Waals surface area (Å²) in [5.41, 5.74) is 0. The molecule has 0 aromatic rings. The second kappa shape index (κ2) is 20.7. The van der Waals surface area contributed by atoms with Crippen molar-refractivity contribution in [1.82, 2.24) is 0 Å². The lowest BCUT2D eigenvalue weighted by atomic mass is 10.0. The highest BCUT2D eigenvalue weighted by atomic mass is 16.4. The van der Waals surface area contributed by atoms with Crippen LogP contribution in [0.1, 0.15) is 103 Å². The Morgan fingerprint density at radius 2 is 1.08 bits per heavy atom. The number of carboxylic acids is 1. The molecule has 0 saturated heterocycles. The molecule has 0 aliphatic rings. The normalized spacial score (nSPS) is 12.0. The van der Waals surface area contributed by atoms with Crippen LogP contribution in [0.25, 0.3) is 0 Å². The number of rotatable bonds is 18. The molecule has 2 nitrogen and oxygen atoms in total. The summed E-state index contributed by atoms with van der Waals surface area (Å²) in [5.74, 6) is -0.906. The van der Waals surface area contributed by atoms with E-state index in [2.05, 4.69) is 13.0 Å². The van der Waals surface area contributed by atoms with Gasteiger partial charge in [0.1, 0.15) is 0 Å². The van der Waals surface area contributed by atoms with Gasteiger partial charge in [-0.3, -0.25) is 0 Å². The molecule has 0 atom stereocenters. The van der Waals surface area contributed by atoms with Crippen LogP contribution < -0.4 is 0 Å². The van der Waals surface area contributed by atoms with Crippen molar-refractivity contribution in [3.63, 3.8) is 0 Å². The van der Waals surface area contributed by atoms with Crippen LogP contribution in [-0.4, -0.2) is 11.1 Å². The number of unbranched alkanes of at least 4 members (excludes halogenated alkanes) is 14. The predicted octanol–water partition coefficient (Wildman–Crippen LogP) is 7.61. The molecule has 0 fully saturated rings. The van der Waals surface area contributed by atoms with Gasteiger partial charge in [-0.05, 0) is 12.8 Å². The Morgan fingerprint density at radius 1 is 0.640 bits per heavy atom. The van der Waals surface area contributed by atoms with Crippen LogP contribution in [-0.2, 0) is 4.79 Å². The summed E-state index contributed by atoms with van der Waals surface area (Å²) < 4.78 is 0. The van der Waals surface area contributed by atoms with E-state index in [4.69, 9.17) is 5.11 Å². The van der Waals surface area contributed by atoms with Crippen molar-refractivity contribution < 1.29 is 9.90 Å². The van der Waals surface area contributed by atoms with Crippen molar-refractivity contribution in [2.45, 2.75) is 103 Å². The number of aliphatic carboxylic acids is 1. The van der Waals surface area contributed by atoms with Gasteiger partial charge in [0.05, 0.1) is 0 Å². The average Bonchev–Trinajstić information content (AvgIpc) is 2.60. The molecule has 25 heavy (non-hydrogen) atoms. The van der Waals surface area contributed by atoms with Crippen LogP contribution in [0.5, 0.6) is 0 Å². The fraction of sp³-hybridized carbons (Fsp3) is 0.696. The zero-order valence-corrected chi connectivity index (χ0v) is 16.4. The lowest BCUT2D eigenvalue weighted by molar-refractivity contribution is -0.131. The van der Waals surface area contributed by atoms with Crippen LogP contribution in [0.15, 0.2) is 36.5 Å². The number of carboxylic acid groups (broad SMARTS) is 1. The molecule has 2 heteroatoms. The van der Waals surface area contributed by atoms with Gasteiger partial charge in [0.2, 0.25) is 0 Å². The Morgan fingerprint density at radius 3 is 1.56 bits per heavy atom. The Labute approximate surface area is 156 Å². The van der Waals surface area contributed by atoms with E-state index in [-0.39, 0.29) is 0 Å². The number of hydrogen-bond donors (Lipinski definition) is 1. The SMILES string of the molecule is CCCCCCCCCCCCCCCC/C=C/C=C/C=C/C(=O)O. The van der Waals surface area contributed by atoms with Gasteiger partial charge in [-0.1, -0.05) is 121 Å². The third-order valence-electron chi connectivity index (χ3n) is 4.43. The quantitative estimate of drug-likeness (QED) is 0.157. The predicted molar refractivity (Wildman–Crippen MR) is 110 cm³/mol. The highest BCUT2D eigenvalue weighted by Gasteiger charge is 1.93. The molecule has 0 aromatic carbocycles. The van der Waals surface area contributed by atoms with E-state index in [1.165, 1.54) is 89.9 Å². The van der Waals surface area contributed by atoms with Gasteiger partial charge in [0.15, 0.2) is 0 Å².